The van der Waals surface area contributed by atoms with Crippen molar-refractivity contribution in [1.29, 1.82) is 0 Å². The Kier molecular flexibility index (Phi) is 3.55. The largest absolute Gasteiger partial charge is 0.321 e. The molecule has 0 aromatic heterocycles. The third-order valence-electron chi connectivity index (χ3n) is 4.65. The van der Waals surface area contributed by atoms with Crippen molar-refractivity contribution in [2.24, 2.45) is 11.7 Å². The number of benzene rings is 1. The molecule has 2 N–H and O–H groups in total. The first kappa shape index (κ1) is 13.6. The van der Waals surface area contributed by atoms with Crippen LogP contribution in [0.5, 0.6) is 0 Å². The first-order valence-electron chi connectivity index (χ1n) is 7.24. The van der Waals surface area contributed by atoms with Crippen LogP contribution in [-0.4, -0.2) is 0 Å². The first-order valence-corrected chi connectivity index (χ1v) is 7.24. The van der Waals surface area contributed by atoms with Crippen molar-refractivity contribution < 1.29 is 0 Å². The van der Waals surface area contributed by atoms with Crippen LogP contribution in [0, 0.1) is 5.92 Å². The number of nitrogens with two attached hydrogens (primary N) is 1. The second kappa shape index (κ2) is 4.70. The lowest BCUT2D eigenvalue weighted by molar-refractivity contribution is 0.207. The lowest BCUT2D eigenvalue weighted by Crippen LogP contribution is -2.45. The van der Waals surface area contributed by atoms with E-state index >= 15 is 0 Å². The van der Waals surface area contributed by atoms with Gasteiger partial charge in [-0.3, -0.25) is 0 Å². The summed E-state index contributed by atoms with van der Waals surface area (Å²) in [5, 5.41) is 0. The van der Waals surface area contributed by atoms with Gasteiger partial charge in [-0.2, -0.15) is 0 Å². The van der Waals surface area contributed by atoms with Gasteiger partial charge in [-0.1, -0.05) is 64.8 Å². The van der Waals surface area contributed by atoms with Gasteiger partial charge in [0, 0.05) is 5.54 Å². The molecule has 1 nitrogen and oxygen atoms in total. The molecule has 1 aliphatic rings. The molecular formula is C17H27N. The molecule has 2 atom stereocenters. The summed E-state index contributed by atoms with van der Waals surface area (Å²) in [5.74, 6) is 0.590. The third-order valence-corrected chi connectivity index (χ3v) is 4.65. The lowest BCUT2D eigenvalue weighted by Gasteiger charge is -2.40. The van der Waals surface area contributed by atoms with Gasteiger partial charge in [0.05, 0.1) is 0 Å². The van der Waals surface area contributed by atoms with Crippen LogP contribution in [0.3, 0.4) is 0 Å². The quantitative estimate of drug-likeness (QED) is 0.782. The molecule has 1 aromatic carbocycles. The molecule has 18 heavy (non-hydrogen) atoms. The molecule has 0 amide bonds. The minimum absolute atomic E-state index is 0.103. The Labute approximate surface area is 112 Å². The number of hydrogen-bond donors (Lipinski definition) is 1. The Bertz CT molecular complexity index is 399. The predicted octanol–water partition coefficient (Wildman–Crippen LogP) is 4.35. The maximum absolute atomic E-state index is 6.68. The van der Waals surface area contributed by atoms with Gasteiger partial charge in [0.25, 0.3) is 0 Å². The van der Waals surface area contributed by atoms with Gasteiger partial charge in [-0.15, -0.1) is 0 Å². The highest BCUT2D eigenvalue weighted by Crippen LogP contribution is 2.39. The van der Waals surface area contributed by atoms with Crippen LogP contribution in [0.15, 0.2) is 24.3 Å². The molecule has 2 unspecified atom stereocenters. The van der Waals surface area contributed by atoms with Crippen LogP contribution in [0.25, 0.3) is 0 Å². The van der Waals surface area contributed by atoms with Gasteiger partial charge < -0.3 is 5.73 Å². The molecule has 1 aliphatic carbocycles. The maximum Gasteiger partial charge on any atom is 0.0435 e. The summed E-state index contributed by atoms with van der Waals surface area (Å²) in [6.45, 7) is 9.06. The van der Waals surface area contributed by atoms with E-state index in [1.165, 1.54) is 30.4 Å². The fraction of sp³-hybridized carbons (Fsp3) is 0.647. The molecule has 0 bridgehead atoms. The predicted molar refractivity (Wildman–Crippen MR) is 78.6 cm³/mol. The highest BCUT2D eigenvalue weighted by atomic mass is 14.8. The number of rotatable bonds is 1. The molecule has 0 saturated heterocycles. The smallest absolute Gasteiger partial charge is 0.0435 e. The van der Waals surface area contributed by atoms with Crippen molar-refractivity contribution in [3.8, 4) is 0 Å². The van der Waals surface area contributed by atoms with Crippen molar-refractivity contribution in [2.75, 3.05) is 0 Å². The van der Waals surface area contributed by atoms with Crippen molar-refractivity contribution >= 4 is 0 Å². The molecule has 0 radical (unpaired) electrons. The summed E-state index contributed by atoms with van der Waals surface area (Å²) in [5.41, 5.74) is 9.51. The monoisotopic (exact) mass is 245 g/mol. The highest BCUT2D eigenvalue weighted by molar-refractivity contribution is 5.32. The summed E-state index contributed by atoms with van der Waals surface area (Å²) >= 11 is 0. The van der Waals surface area contributed by atoms with E-state index in [9.17, 15) is 0 Å². The van der Waals surface area contributed by atoms with Gasteiger partial charge in [0.1, 0.15) is 0 Å². The van der Waals surface area contributed by atoms with Crippen LogP contribution < -0.4 is 5.73 Å². The molecule has 1 fully saturated rings. The van der Waals surface area contributed by atoms with Crippen LogP contribution in [0.2, 0.25) is 0 Å². The second-order valence-electron chi connectivity index (χ2n) is 7.01. The van der Waals surface area contributed by atoms with E-state index < -0.39 is 0 Å². The van der Waals surface area contributed by atoms with Gasteiger partial charge in [0.2, 0.25) is 0 Å². The van der Waals surface area contributed by atoms with E-state index in [1.807, 2.05) is 0 Å². The maximum atomic E-state index is 6.68. The van der Waals surface area contributed by atoms with Crippen molar-refractivity contribution in [3.05, 3.63) is 35.4 Å². The summed E-state index contributed by atoms with van der Waals surface area (Å²) in [6.07, 6.45) is 4.99. The van der Waals surface area contributed by atoms with Crippen LogP contribution in [-0.2, 0) is 11.0 Å². The molecule has 0 heterocycles. The van der Waals surface area contributed by atoms with E-state index in [0.717, 1.165) is 6.42 Å². The zero-order chi connectivity index (χ0) is 13.4. The van der Waals surface area contributed by atoms with Crippen LogP contribution in [0.1, 0.15) is 64.5 Å². The zero-order valence-electron chi connectivity index (χ0n) is 12.3. The highest BCUT2D eigenvalue weighted by Gasteiger charge is 2.35. The lowest BCUT2D eigenvalue weighted by atomic mass is 9.70. The van der Waals surface area contributed by atoms with Crippen molar-refractivity contribution in [3.63, 3.8) is 0 Å². The molecule has 1 heteroatoms. The van der Waals surface area contributed by atoms with E-state index in [4.69, 9.17) is 5.73 Å². The Balaban J connectivity index is 2.28. The van der Waals surface area contributed by atoms with Crippen molar-refractivity contribution in [1.82, 2.24) is 0 Å². The van der Waals surface area contributed by atoms with Crippen LogP contribution >= 0.6 is 0 Å². The molecule has 0 aliphatic heterocycles. The Morgan fingerprint density at radius 2 is 1.72 bits per heavy atom. The Morgan fingerprint density at radius 1 is 1.11 bits per heavy atom. The molecule has 1 aromatic rings. The Morgan fingerprint density at radius 3 is 2.22 bits per heavy atom. The average Bonchev–Trinajstić information content (AvgIpc) is 2.32. The Hall–Kier alpha value is -0.820. The third kappa shape index (κ3) is 2.47. The summed E-state index contributed by atoms with van der Waals surface area (Å²) in [6, 6.07) is 9.02. The van der Waals surface area contributed by atoms with Gasteiger partial charge in [0.15, 0.2) is 0 Å². The van der Waals surface area contributed by atoms with Gasteiger partial charge >= 0.3 is 0 Å². The minimum atomic E-state index is -0.103. The average molecular weight is 245 g/mol. The van der Waals surface area contributed by atoms with E-state index in [0.29, 0.717) is 5.92 Å². The molecule has 1 saturated carbocycles. The van der Waals surface area contributed by atoms with Gasteiger partial charge in [-0.05, 0) is 35.3 Å². The fourth-order valence-corrected chi connectivity index (χ4v) is 3.08. The van der Waals surface area contributed by atoms with Crippen molar-refractivity contribution in [2.45, 2.75) is 64.3 Å². The molecule has 100 valence electrons. The normalized spacial score (nSPS) is 29.3. The van der Waals surface area contributed by atoms with E-state index in [-0.39, 0.29) is 11.0 Å². The minimum Gasteiger partial charge on any atom is -0.321 e. The molecule has 0 spiro atoms. The standard InChI is InChI=1S/C17H27N/c1-13-7-5-6-12-17(13,18)15-10-8-14(9-11-15)16(2,3)4/h8-11,13H,5-7,12,18H2,1-4H3. The fourth-order valence-electron chi connectivity index (χ4n) is 3.08. The second-order valence-corrected chi connectivity index (χ2v) is 7.01. The summed E-state index contributed by atoms with van der Waals surface area (Å²) < 4.78 is 0. The SMILES string of the molecule is CC1CCCCC1(N)c1ccc(C(C)(C)C)cc1. The topological polar surface area (TPSA) is 26.0 Å². The van der Waals surface area contributed by atoms with Crippen LogP contribution in [0.4, 0.5) is 0 Å². The first-order chi connectivity index (χ1) is 8.34. The zero-order valence-corrected chi connectivity index (χ0v) is 12.3. The van der Waals surface area contributed by atoms with E-state index in [2.05, 4.69) is 52.0 Å². The summed E-state index contributed by atoms with van der Waals surface area (Å²) in [4.78, 5) is 0. The summed E-state index contributed by atoms with van der Waals surface area (Å²) in [7, 11) is 0. The molecule has 2 rings (SSSR count). The number of hydrogen-bond acceptors (Lipinski definition) is 1. The van der Waals surface area contributed by atoms with Gasteiger partial charge in [-0.25, -0.2) is 0 Å². The molecular weight excluding hydrogens is 218 g/mol. The van der Waals surface area contributed by atoms with E-state index in [1.54, 1.807) is 0 Å².